The lowest BCUT2D eigenvalue weighted by molar-refractivity contribution is -0.143. The van der Waals surface area contributed by atoms with Crippen LogP contribution in [-0.2, 0) is 20.8 Å². The van der Waals surface area contributed by atoms with E-state index in [2.05, 4.69) is 21.0 Å². The minimum Gasteiger partial charge on any atom is -0.465 e. The number of rotatable bonds is 4. The zero-order valence-electron chi connectivity index (χ0n) is 16.0. The van der Waals surface area contributed by atoms with E-state index in [1.54, 1.807) is 16.5 Å². The number of hydrogen-bond donors (Lipinski definition) is 0. The minimum atomic E-state index is -0.515. The van der Waals surface area contributed by atoms with Gasteiger partial charge in [0.25, 0.3) is 0 Å². The molecule has 1 amide bonds. The van der Waals surface area contributed by atoms with Crippen LogP contribution in [0.1, 0.15) is 39.3 Å². The van der Waals surface area contributed by atoms with E-state index in [9.17, 15) is 9.59 Å². The number of ether oxygens (including phenoxy) is 2. The van der Waals surface area contributed by atoms with Crippen molar-refractivity contribution < 1.29 is 19.1 Å². The Morgan fingerprint density at radius 1 is 1.30 bits per heavy atom. The van der Waals surface area contributed by atoms with Crippen molar-refractivity contribution in [3.8, 4) is 0 Å². The van der Waals surface area contributed by atoms with Gasteiger partial charge in [-0.1, -0.05) is 22.0 Å². The molecule has 27 heavy (non-hydrogen) atoms. The number of likely N-dealkylation sites (tertiary alicyclic amines) is 1. The van der Waals surface area contributed by atoms with Crippen molar-refractivity contribution in [3.05, 3.63) is 28.4 Å². The molecule has 1 aromatic carbocycles. The Labute approximate surface area is 166 Å². The highest BCUT2D eigenvalue weighted by Gasteiger charge is 2.37. The summed E-state index contributed by atoms with van der Waals surface area (Å²) in [6.07, 6.45) is -0.312. The molecule has 0 aliphatic carbocycles. The van der Waals surface area contributed by atoms with Crippen molar-refractivity contribution in [2.75, 3.05) is 19.7 Å². The lowest BCUT2D eigenvalue weighted by atomic mass is 9.94. The molecule has 2 aromatic rings. The number of carbonyl (C=O) groups is 2. The van der Waals surface area contributed by atoms with Crippen molar-refractivity contribution >= 4 is 38.9 Å². The van der Waals surface area contributed by atoms with Crippen LogP contribution in [0.4, 0.5) is 4.79 Å². The molecule has 2 heterocycles. The number of aromatic nitrogens is 2. The van der Waals surface area contributed by atoms with Crippen LogP contribution in [0, 0.1) is 0 Å². The molecule has 146 valence electrons. The van der Waals surface area contributed by atoms with Gasteiger partial charge < -0.3 is 14.4 Å². The minimum absolute atomic E-state index is 0.0588. The third-order valence-corrected chi connectivity index (χ3v) is 4.92. The maximum Gasteiger partial charge on any atom is 0.410 e. The Balaban J connectivity index is 1.82. The van der Waals surface area contributed by atoms with E-state index in [0.29, 0.717) is 19.7 Å². The molecule has 0 bridgehead atoms. The number of carbonyl (C=O) groups excluding carboxylic acids is 2. The normalized spacial score (nSPS) is 14.9. The Morgan fingerprint density at radius 3 is 2.63 bits per heavy atom. The van der Waals surface area contributed by atoms with Crippen LogP contribution in [0.25, 0.3) is 10.9 Å². The summed E-state index contributed by atoms with van der Waals surface area (Å²) >= 11 is 3.59. The van der Waals surface area contributed by atoms with E-state index in [4.69, 9.17) is 9.47 Å². The highest BCUT2D eigenvalue weighted by molar-refractivity contribution is 9.10. The predicted molar refractivity (Wildman–Crippen MR) is 105 cm³/mol. The molecule has 8 heteroatoms. The summed E-state index contributed by atoms with van der Waals surface area (Å²) in [6, 6.07) is 5.79. The zero-order valence-corrected chi connectivity index (χ0v) is 17.6. The van der Waals surface area contributed by atoms with Crippen LogP contribution in [0.5, 0.6) is 0 Å². The van der Waals surface area contributed by atoms with Gasteiger partial charge in [-0.15, -0.1) is 0 Å². The number of benzene rings is 1. The van der Waals surface area contributed by atoms with Crippen molar-refractivity contribution in [1.29, 1.82) is 0 Å². The number of amides is 1. The monoisotopic (exact) mass is 437 g/mol. The van der Waals surface area contributed by atoms with E-state index in [0.717, 1.165) is 21.1 Å². The molecule has 1 aliphatic heterocycles. The highest BCUT2D eigenvalue weighted by atomic mass is 79.9. The third-order valence-electron chi connectivity index (χ3n) is 4.26. The first-order chi connectivity index (χ1) is 12.7. The average Bonchev–Trinajstić information content (AvgIpc) is 2.84. The SMILES string of the molecule is CCOC(=O)Cn1nc(C2CN(C(=O)OC(C)(C)C)C2)c2c(Br)cccc21. The number of esters is 1. The highest BCUT2D eigenvalue weighted by Crippen LogP contribution is 2.36. The van der Waals surface area contributed by atoms with Crippen LogP contribution >= 0.6 is 15.9 Å². The van der Waals surface area contributed by atoms with Crippen LogP contribution < -0.4 is 0 Å². The van der Waals surface area contributed by atoms with Gasteiger partial charge in [0, 0.05) is 28.9 Å². The van der Waals surface area contributed by atoms with Gasteiger partial charge in [0.1, 0.15) is 12.1 Å². The van der Waals surface area contributed by atoms with E-state index in [1.165, 1.54) is 0 Å². The van der Waals surface area contributed by atoms with Crippen LogP contribution in [0.3, 0.4) is 0 Å². The van der Waals surface area contributed by atoms with Gasteiger partial charge >= 0.3 is 12.1 Å². The summed E-state index contributed by atoms with van der Waals surface area (Å²) < 4.78 is 13.0. The van der Waals surface area contributed by atoms with Gasteiger partial charge in [0.2, 0.25) is 0 Å². The van der Waals surface area contributed by atoms with E-state index < -0.39 is 5.60 Å². The first kappa shape index (κ1) is 19.7. The molecule has 0 saturated carbocycles. The number of nitrogens with zero attached hydrogens (tertiary/aromatic N) is 3. The van der Waals surface area contributed by atoms with Crippen molar-refractivity contribution in [2.24, 2.45) is 0 Å². The zero-order chi connectivity index (χ0) is 19.8. The van der Waals surface area contributed by atoms with Gasteiger partial charge in [0.15, 0.2) is 0 Å². The molecule has 0 N–H and O–H groups in total. The van der Waals surface area contributed by atoms with Gasteiger partial charge in [-0.05, 0) is 39.8 Å². The average molecular weight is 438 g/mol. The Hall–Kier alpha value is -2.09. The molecular formula is C19H24BrN3O4. The lowest BCUT2D eigenvalue weighted by Crippen LogP contribution is -2.50. The first-order valence-corrected chi connectivity index (χ1v) is 9.77. The predicted octanol–water partition coefficient (Wildman–Crippen LogP) is 3.70. The topological polar surface area (TPSA) is 73.7 Å². The quantitative estimate of drug-likeness (QED) is 0.681. The number of fused-ring (bicyclic) bond motifs is 1. The molecule has 1 saturated heterocycles. The van der Waals surface area contributed by atoms with E-state index >= 15 is 0 Å². The molecular weight excluding hydrogens is 414 g/mol. The maximum absolute atomic E-state index is 12.2. The maximum atomic E-state index is 12.2. The standard InChI is InChI=1S/C19H24BrN3O4/c1-5-26-15(24)11-23-14-8-6-7-13(20)16(14)17(21-23)12-9-22(10-12)18(25)27-19(2,3)4/h6-8,12H,5,9-11H2,1-4H3. The second-order valence-corrected chi connectivity index (χ2v) is 8.42. The Bertz CT molecular complexity index is 866. The van der Waals surface area contributed by atoms with Crippen molar-refractivity contribution in [2.45, 2.75) is 45.8 Å². The molecule has 0 atom stereocenters. The smallest absolute Gasteiger partial charge is 0.410 e. The molecule has 1 aromatic heterocycles. The number of hydrogen-bond acceptors (Lipinski definition) is 5. The summed E-state index contributed by atoms with van der Waals surface area (Å²) in [5.74, 6) is -0.223. The molecule has 1 aliphatic rings. The fourth-order valence-corrected chi connectivity index (χ4v) is 3.64. The van der Waals surface area contributed by atoms with Crippen LogP contribution in [0.2, 0.25) is 0 Å². The van der Waals surface area contributed by atoms with Gasteiger partial charge in [-0.25, -0.2) is 4.79 Å². The summed E-state index contributed by atoms with van der Waals surface area (Å²) in [4.78, 5) is 25.8. The largest absolute Gasteiger partial charge is 0.465 e. The third kappa shape index (κ3) is 4.26. The molecule has 1 fully saturated rings. The van der Waals surface area contributed by atoms with Crippen LogP contribution in [-0.4, -0.2) is 52.0 Å². The van der Waals surface area contributed by atoms with E-state index in [-0.39, 0.29) is 24.5 Å². The number of halogens is 1. The molecule has 0 radical (unpaired) electrons. The van der Waals surface area contributed by atoms with Crippen molar-refractivity contribution in [3.63, 3.8) is 0 Å². The summed E-state index contributed by atoms with van der Waals surface area (Å²) in [6.45, 7) is 8.81. The molecule has 0 unspecified atom stereocenters. The Kier molecular flexibility index (Phi) is 5.46. The molecule has 3 rings (SSSR count). The first-order valence-electron chi connectivity index (χ1n) is 8.98. The Morgan fingerprint density at radius 2 is 2.00 bits per heavy atom. The van der Waals surface area contributed by atoms with Gasteiger partial charge in [0.05, 0.1) is 17.8 Å². The second-order valence-electron chi connectivity index (χ2n) is 7.56. The van der Waals surface area contributed by atoms with Crippen molar-refractivity contribution in [1.82, 2.24) is 14.7 Å². The summed E-state index contributed by atoms with van der Waals surface area (Å²) in [7, 11) is 0. The lowest BCUT2D eigenvalue weighted by Gasteiger charge is -2.39. The summed E-state index contributed by atoms with van der Waals surface area (Å²) in [5.41, 5.74) is 1.23. The van der Waals surface area contributed by atoms with E-state index in [1.807, 2.05) is 39.0 Å². The fraction of sp³-hybridized carbons (Fsp3) is 0.526. The molecule has 0 spiro atoms. The second kappa shape index (κ2) is 7.50. The fourth-order valence-electron chi connectivity index (χ4n) is 3.08. The van der Waals surface area contributed by atoms with Crippen LogP contribution in [0.15, 0.2) is 22.7 Å². The van der Waals surface area contributed by atoms with Gasteiger partial charge in [-0.2, -0.15) is 5.10 Å². The summed E-state index contributed by atoms with van der Waals surface area (Å²) in [5, 5.41) is 5.64. The van der Waals surface area contributed by atoms with Gasteiger partial charge in [-0.3, -0.25) is 9.48 Å². The molecule has 7 nitrogen and oxygen atoms in total.